The number of allylic oxidation sites excluding steroid dienone is 2. The number of likely N-dealkylation sites (tertiary alicyclic amines) is 1. The quantitative estimate of drug-likeness (QED) is 0.379. The molecule has 1 aromatic carbocycles. The predicted molar refractivity (Wildman–Crippen MR) is 145 cm³/mol. The van der Waals surface area contributed by atoms with Crippen molar-refractivity contribution in [2.75, 3.05) is 39.5 Å². The van der Waals surface area contributed by atoms with Crippen molar-refractivity contribution in [2.24, 2.45) is 17.1 Å². The van der Waals surface area contributed by atoms with Gasteiger partial charge in [-0.25, -0.2) is 0 Å². The van der Waals surface area contributed by atoms with Gasteiger partial charge in [-0.1, -0.05) is 44.9 Å². The number of unbranched alkanes of at least 4 members (excludes halogenated alkanes) is 1. The maximum Gasteiger partial charge on any atom is 0.308 e. The molecule has 1 fully saturated rings. The molecule has 206 valence electrons. The molecule has 8 nitrogen and oxygen atoms in total. The number of aliphatic carboxylic acids is 1. The minimum Gasteiger partial charge on any atom is -0.481 e. The predicted octanol–water partition coefficient (Wildman–Crippen LogP) is 4.24. The van der Waals surface area contributed by atoms with Gasteiger partial charge in [0.2, 0.25) is 12.7 Å². The summed E-state index contributed by atoms with van der Waals surface area (Å²) in [6.45, 7) is 13.2. The number of nitrogens with zero attached hydrogens (tertiary/aromatic N) is 2. The molecule has 2 aliphatic rings. The lowest BCUT2D eigenvalue weighted by Gasteiger charge is -2.34. The standard InChI is InChI=1S/C29H45N3O5/c1-6-7-12-31(13-8-11-30)26(33)18-32-17-22(21-9-10-24-25(14-21)37-19-36-24)27(28(34)35)23(32)16-29(4,5)15-20(2)3/h9-10,14-15,22-23,27H,6-8,11-13,16-19,30H2,1-5H3,(H,34,35)/t22-,23+,27?/m1/s1. The van der Waals surface area contributed by atoms with Crippen LogP contribution in [0.5, 0.6) is 11.5 Å². The Morgan fingerprint density at radius 2 is 1.89 bits per heavy atom. The number of carboxylic acids is 1. The van der Waals surface area contributed by atoms with Gasteiger partial charge in [0.15, 0.2) is 11.5 Å². The van der Waals surface area contributed by atoms with Gasteiger partial charge < -0.3 is 25.2 Å². The Balaban J connectivity index is 1.93. The average Bonchev–Trinajstić information content (AvgIpc) is 3.42. The van der Waals surface area contributed by atoms with Gasteiger partial charge in [0.05, 0.1) is 12.5 Å². The van der Waals surface area contributed by atoms with Gasteiger partial charge in [-0.3, -0.25) is 14.5 Å². The minimum absolute atomic E-state index is 0.0439. The van der Waals surface area contributed by atoms with E-state index >= 15 is 0 Å². The van der Waals surface area contributed by atoms with Gasteiger partial charge in [-0.15, -0.1) is 0 Å². The summed E-state index contributed by atoms with van der Waals surface area (Å²) < 4.78 is 11.0. The van der Waals surface area contributed by atoms with Gasteiger partial charge in [-0.05, 0) is 62.8 Å². The number of benzene rings is 1. The number of carbonyl (C=O) groups is 2. The first kappa shape index (κ1) is 29.0. The summed E-state index contributed by atoms with van der Waals surface area (Å²) in [5.74, 6) is -0.381. The molecule has 3 rings (SSSR count). The zero-order valence-corrected chi connectivity index (χ0v) is 23.2. The fourth-order valence-electron chi connectivity index (χ4n) is 5.87. The molecule has 8 heteroatoms. The first-order valence-electron chi connectivity index (χ1n) is 13.6. The lowest BCUT2D eigenvalue weighted by atomic mass is 9.77. The number of carboxylic acid groups (broad SMARTS) is 1. The average molecular weight is 516 g/mol. The monoisotopic (exact) mass is 515 g/mol. The molecule has 0 radical (unpaired) electrons. The molecule has 2 aliphatic heterocycles. The van der Waals surface area contributed by atoms with Crippen LogP contribution in [0.15, 0.2) is 29.8 Å². The maximum atomic E-state index is 13.5. The topological polar surface area (TPSA) is 105 Å². The maximum absolute atomic E-state index is 13.5. The lowest BCUT2D eigenvalue weighted by Crippen LogP contribution is -2.46. The minimum atomic E-state index is -0.832. The summed E-state index contributed by atoms with van der Waals surface area (Å²) in [5.41, 5.74) is 7.61. The Morgan fingerprint density at radius 1 is 1.19 bits per heavy atom. The van der Waals surface area contributed by atoms with Crippen molar-refractivity contribution >= 4 is 11.9 Å². The van der Waals surface area contributed by atoms with Crippen LogP contribution >= 0.6 is 0 Å². The number of ether oxygens (including phenoxy) is 2. The van der Waals surface area contributed by atoms with E-state index in [1.807, 2.05) is 23.1 Å². The van der Waals surface area contributed by atoms with E-state index in [1.165, 1.54) is 5.57 Å². The molecule has 0 aromatic heterocycles. The molecule has 3 N–H and O–H groups in total. The fraction of sp³-hybridized carbons (Fsp3) is 0.655. The van der Waals surface area contributed by atoms with Crippen molar-refractivity contribution in [3.05, 3.63) is 35.4 Å². The van der Waals surface area contributed by atoms with Crippen LogP contribution < -0.4 is 15.2 Å². The van der Waals surface area contributed by atoms with E-state index in [9.17, 15) is 14.7 Å². The summed E-state index contributed by atoms with van der Waals surface area (Å²) in [6, 6.07) is 5.41. The lowest BCUT2D eigenvalue weighted by molar-refractivity contribution is -0.144. The number of hydrogen-bond donors (Lipinski definition) is 2. The van der Waals surface area contributed by atoms with Crippen molar-refractivity contribution in [2.45, 2.75) is 72.3 Å². The molecule has 1 amide bonds. The van der Waals surface area contributed by atoms with Crippen LogP contribution in [0.2, 0.25) is 0 Å². The molecule has 1 aromatic rings. The van der Waals surface area contributed by atoms with Gasteiger partial charge in [-0.2, -0.15) is 0 Å². The second kappa shape index (κ2) is 12.8. The van der Waals surface area contributed by atoms with Crippen LogP contribution in [0, 0.1) is 11.3 Å². The van der Waals surface area contributed by atoms with Crippen LogP contribution in [0.4, 0.5) is 0 Å². The summed E-state index contributed by atoms with van der Waals surface area (Å²) in [4.78, 5) is 30.3. The summed E-state index contributed by atoms with van der Waals surface area (Å²) >= 11 is 0. The van der Waals surface area contributed by atoms with Gasteiger partial charge in [0.1, 0.15) is 0 Å². The van der Waals surface area contributed by atoms with E-state index in [0.717, 1.165) is 24.8 Å². The van der Waals surface area contributed by atoms with Crippen molar-refractivity contribution in [1.29, 1.82) is 0 Å². The number of carbonyl (C=O) groups excluding carboxylic acids is 1. The van der Waals surface area contributed by atoms with Crippen LogP contribution in [0.1, 0.15) is 71.8 Å². The smallest absolute Gasteiger partial charge is 0.308 e. The SMILES string of the molecule is CCCCN(CCCN)C(=O)CN1C[C@H](c2ccc3c(c2)OCO3)C(C(=O)O)[C@@H]1CC(C)(C)C=C(C)C. The highest BCUT2D eigenvalue weighted by Crippen LogP contribution is 2.45. The van der Waals surface area contributed by atoms with Crippen LogP contribution in [0.3, 0.4) is 0 Å². The van der Waals surface area contributed by atoms with E-state index in [4.69, 9.17) is 15.2 Å². The second-order valence-corrected chi connectivity index (χ2v) is 11.4. The third-order valence-electron chi connectivity index (χ3n) is 7.38. The molecule has 3 atom stereocenters. The number of rotatable bonds is 13. The first-order valence-corrected chi connectivity index (χ1v) is 13.6. The number of fused-ring (bicyclic) bond motifs is 1. The number of amides is 1. The molecule has 2 heterocycles. The highest BCUT2D eigenvalue weighted by molar-refractivity contribution is 5.79. The van der Waals surface area contributed by atoms with E-state index in [-0.39, 0.29) is 36.6 Å². The fourth-order valence-corrected chi connectivity index (χ4v) is 5.87. The van der Waals surface area contributed by atoms with Crippen LogP contribution in [0.25, 0.3) is 0 Å². The van der Waals surface area contributed by atoms with Crippen LogP contribution in [-0.4, -0.2) is 72.3 Å². The normalized spacial score (nSPS) is 21.2. The summed E-state index contributed by atoms with van der Waals surface area (Å²) in [5, 5.41) is 10.5. The third kappa shape index (κ3) is 7.48. The van der Waals surface area contributed by atoms with E-state index < -0.39 is 11.9 Å². The van der Waals surface area contributed by atoms with Crippen molar-refractivity contribution in [3.63, 3.8) is 0 Å². The molecule has 1 unspecified atom stereocenters. The molecular weight excluding hydrogens is 470 g/mol. The number of hydrogen-bond acceptors (Lipinski definition) is 6. The molecular formula is C29H45N3O5. The highest BCUT2D eigenvalue weighted by atomic mass is 16.7. The largest absolute Gasteiger partial charge is 0.481 e. The molecule has 0 aliphatic carbocycles. The van der Waals surface area contributed by atoms with Crippen molar-refractivity contribution < 1.29 is 24.2 Å². The zero-order valence-electron chi connectivity index (χ0n) is 23.2. The molecule has 0 spiro atoms. The molecule has 0 saturated carbocycles. The third-order valence-corrected chi connectivity index (χ3v) is 7.38. The molecule has 37 heavy (non-hydrogen) atoms. The first-order chi connectivity index (χ1) is 17.6. The van der Waals surface area contributed by atoms with E-state index in [2.05, 4.69) is 45.6 Å². The Morgan fingerprint density at radius 3 is 2.54 bits per heavy atom. The number of nitrogens with two attached hydrogens (primary N) is 1. The van der Waals surface area contributed by atoms with E-state index in [0.29, 0.717) is 44.1 Å². The zero-order chi connectivity index (χ0) is 27.2. The Hall–Kier alpha value is -2.58. The molecule has 0 bridgehead atoms. The summed E-state index contributed by atoms with van der Waals surface area (Å²) in [6.07, 6.45) is 5.54. The second-order valence-electron chi connectivity index (χ2n) is 11.4. The van der Waals surface area contributed by atoms with E-state index in [1.54, 1.807) is 0 Å². The Bertz CT molecular complexity index is 964. The Labute approximate surface area is 221 Å². The highest BCUT2D eigenvalue weighted by Gasteiger charge is 2.48. The Kier molecular flexibility index (Phi) is 10.0. The van der Waals surface area contributed by atoms with Gasteiger partial charge in [0, 0.05) is 31.6 Å². The van der Waals surface area contributed by atoms with Gasteiger partial charge in [0.25, 0.3) is 0 Å². The van der Waals surface area contributed by atoms with Gasteiger partial charge >= 0.3 is 5.97 Å². The van der Waals surface area contributed by atoms with Crippen molar-refractivity contribution in [3.8, 4) is 11.5 Å². The van der Waals surface area contributed by atoms with Crippen molar-refractivity contribution in [1.82, 2.24) is 9.80 Å². The summed E-state index contributed by atoms with van der Waals surface area (Å²) in [7, 11) is 0. The molecule has 1 saturated heterocycles. The van der Waals surface area contributed by atoms with Crippen LogP contribution in [-0.2, 0) is 9.59 Å².